The van der Waals surface area contributed by atoms with Gasteiger partial charge in [0.1, 0.15) is 24.1 Å². The van der Waals surface area contributed by atoms with Crippen molar-refractivity contribution in [2.45, 2.75) is 6.61 Å². The number of anilines is 1. The minimum absolute atomic E-state index is 0.0552. The first kappa shape index (κ1) is 15.9. The summed E-state index contributed by atoms with van der Waals surface area (Å²) >= 11 is 0. The summed E-state index contributed by atoms with van der Waals surface area (Å²) in [5, 5.41) is 10.1. The van der Waals surface area contributed by atoms with Crippen molar-refractivity contribution in [1.82, 2.24) is 20.4 Å². The molecule has 26 heavy (non-hydrogen) atoms. The highest BCUT2D eigenvalue weighted by atomic mass is 19.1. The SMILES string of the molecule is Nc1cc(OCc2cccc(-c3cccc(F)c3)c2F)c2nn[nH]c2n1. The van der Waals surface area contributed by atoms with Crippen molar-refractivity contribution < 1.29 is 13.5 Å². The molecule has 0 aliphatic rings. The Labute approximate surface area is 146 Å². The van der Waals surface area contributed by atoms with Gasteiger partial charge in [0, 0.05) is 17.2 Å². The number of pyridine rings is 1. The maximum absolute atomic E-state index is 14.9. The van der Waals surface area contributed by atoms with Gasteiger partial charge in [0.2, 0.25) is 0 Å². The highest BCUT2D eigenvalue weighted by molar-refractivity contribution is 5.78. The third kappa shape index (κ3) is 2.92. The predicted molar refractivity (Wildman–Crippen MR) is 92.2 cm³/mol. The maximum Gasteiger partial charge on any atom is 0.181 e. The zero-order valence-electron chi connectivity index (χ0n) is 13.4. The molecule has 0 bridgehead atoms. The number of aromatic nitrogens is 4. The molecule has 0 atom stereocenters. The molecular formula is C18H13F2N5O. The second kappa shape index (κ2) is 6.40. The first-order valence-electron chi connectivity index (χ1n) is 7.75. The molecule has 0 saturated heterocycles. The van der Waals surface area contributed by atoms with E-state index in [4.69, 9.17) is 10.5 Å². The second-order valence-electron chi connectivity index (χ2n) is 5.63. The lowest BCUT2D eigenvalue weighted by molar-refractivity contribution is 0.303. The standard InChI is InChI=1S/C18H13F2N5O/c19-12-5-1-3-10(7-12)13-6-2-4-11(16(13)20)9-26-14-8-15(21)22-18-17(14)23-25-24-18/h1-8H,9H2,(H3,21,22,23,24,25). The Hall–Kier alpha value is -3.55. The fraction of sp³-hybridized carbons (Fsp3) is 0.0556. The quantitative estimate of drug-likeness (QED) is 0.586. The van der Waals surface area contributed by atoms with Gasteiger partial charge in [0.15, 0.2) is 16.9 Å². The van der Waals surface area contributed by atoms with Gasteiger partial charge in [-0.2, -0.15) is 0 Å². The number of benzene rings is 2. The summed E-state index contributed by atoms with van der Waals surface area (Å²) < 4.78 is 34.0. The summed E-state index contributed by atoms with van der Waals surface area (Å²) in [4.78, 5) is 4.04. The molecule has 6 nitrogen and oxygen atoms in total. The molecular weight excluding hydrogens is 340 g/mol. The number of nitrogens with one attached hydrogen (secondary N) is 1. The molecule has 8 heteroatoms. The fourth-order valence-corrected chi connectivity index (χ4v) is 2.67. The van der Waals surface area contributed by atoms with E-state index in [-0.39, 0.29) is 12.4 Å². The van der Waals surface area contributed by atoms with Crippen LogP contribution in [0.3, 0.4) is 0 Å². The number of hydrogen-bond acceptors (Lipinski definition) is 5. The average Bonchev–Trinajstić information content (AvgIpc) is 3.09. The Morgan fingerprint density at radius 2 is 1.92 bits per heavy atom. The van der Waals surface area contributed by atoms with Crippen LogP contribution < -0.4 is 10.5 Å². The molecule has 0 fully saturated rings. The summed E-state index contributed by atoms with van der Waals surface area (Å²) in [7, 11) is 0. The second-order valence-corrected chi connectivity index (χ2v) is 5.63. The summed E-state index contributed by atoms with van der Waals surface area (Å²) in [6.07, 6.45) is 0. The number of halogens is 2. The average molecular weight is 353 g/mol. The molecule has 2 aromatic carbocycles. The Bertz CT molecular complexity index is 1100. The van der Waals surface area contributed by atoms with Crippen molar-refractivity contribution in [1.29, 1.82) is 0 Å². The molecule has 0 aliphatic carbocycles. The number of fused-ring (bicyclic) bond motifs is 1. The van der Waals surface area contributed by atoms with E-state index in [0.717, 1.165) is 0 Å². The molecule has 0 radical (unpaired) electrons. The highest BCUT2D eigenvalue weighted by Gasteiger charge is 2.13. The van der Waals surface area contributed by atoms with Crippen LogP contribution in [0, 0.1) is 11.6 Å². The Morgan fingerprint density at radius 3 is 2.77 bits per heavy atom. The molecule has 2 aromatic heterocycles. The lowest BCUT2D eigenvalue weighted by Gasteiger charge is -2.11. The third-order valence-corrected chi connectivity index (χ3v) is 3.88. The van der Waals surface area contributed by atoms with Gasteiger partial charge in [-0.3, -0.25) is 0 Å². The highest BCUT2D eigenvalue weighted by Crippen LogP contribution is 2.28. The van der Waals surface area contributed by atoms with Crippen molar-refractivity contribution in [3.63, 3.8) is 0 Å². The summed E-state index contributed by atoms with van der Waals surface area (Å²) in [5.74, 6) is -0.329. The third-order valence-electron chi connectivity index (χ3n) is 3.88. The number of aromatic amines is 1. The van der Waals surface area contributed by atoms with E-state index in [1.807, 2.05) is 0 Å². The number of hydrogen-bond donors (Lipinski definition) is 2. The zero-order chi connectivity index (χ0) is 18.1. The molecule has 0 aliphatic heterocycles. The number of nitrogens with two attached hydrogens (primary N) is 1. The first-order chi connectivity index (χ1) is 12.6. The Kier molecular flexibility index (Phi) is 3.92. The molecule has 0 saturated carbocycles. The lowest BCUT2D eigenvalue weighted by atomic mass is 10.0. The largest absolute Gasteiger partial charge is 0.486 e. The Morgan fingerprint density at radius 1 is 1.08 bits per heavy atom. The molecule has 2 heterocycles. The van der Waals surface area contributed by atoms with Crippen molar-refractivity contribution >= 4 is 17.0 Å². The first-order valence-corrected chi connectivity index (χ1v) is 7.75. The molecule has 4 rings (SSSR count). The topological polar surface area (TPSA) is 89.7 Å². The van der Waals surface area contributed by atoms with E-state index in [0.29, 0.717) is 33.6 Å². The van der Waals surface area contributed by atoms with Crippen molar-refractivity contribution in [3.05, 3.63) is 65.7 Å². The van der Waals surface area contributed by atoms with Gasteiger partial charge in [0.25, 0.3) is 0 Å². The summed E-state index contributed by atoms with van der Waals surface area (Å²) in [5.41, 5.74) is 7.58. The number of rotatable bonds is 4. The Balaban J connectivity index is 1.65. The van der Waals surface area contributed by atoms with Gasteiger partial charge in [-0.25, -0.2) is 18.9 Å². The van der Waals surface area contributed by atoms with Crippen LogP contribution in [0.1, 0.15) is 5.56 Å². The molecule has 130 valence electrons. The van der Waals surface area contributed by atoms with Crippen LogP contribution in [0.25, 0.3) is 22.3 Å². The van der Waals surface area contributed by atoms with Crippen LogP contribution >= 0.6 is 0 Å². The van der Waals surface area contributed by atoms with Gasteiger partial charge in [-0.1, -0.05) is 35.5 Å². The summed E-state index contributed by atoms with van der Waals surface area (Å²) in [6, 6.07) is 12.2. The number of nitrogen functional groups attached to an aromatic ring is 1. The molecule has 4 aromatic rings. The predicted octanol–water partition coefficient (Wildman–Crippen LogP) is 3.46. The summed E-state index contributed by atoms with van der Waals surface area (Å²) in [6.45, 7) is -0.0552. The monoisotopic (exact) mass is 353 g/mol. The minimum Gasteiger partial charge on any atom is -0.486 e. The van der Waals surface area contributed by atoms with Gasteiger partial charge >= 0.3 is 0 Å². The molecule has 0 spiro atoms. The van der Waals surface area contributed by atoms with Crippen LogP contribution in [0.5, 0.6) is 5.75 Å². The van der Waals surface area contributed by atoms with E-state index in [2.05, 4.69) is 20.4 Å². The van der Waals surface area contributed by atoms with Crippen LogP contribution in [0.4, 0.5) is 14.6 Å². The van der Waals surface area contributed by atoms with E-state index >= 15 is 0 Å². The molecule has 0 amide bonds. The molecule has 0 unspecified atom stereocenters. The maximum atomic E-state index is 14.9. The molecule has 3 N–H and O–H groups in total. The number of ether oxygens (including phenoxy) is 1. The van der Waals surface area contributed by atoms with Crippen LogP contribution in [-0.2, 0) is 6.61 Å². The normalized spacial score (nSPS) is 11.0. The minimum atomic E-state index is -0.475. The smallest absolute Gasteiger partial charge is 0.181 e. The van der Waals surface area contributed by atoms with E-state index in [1.165, 1.54) is 24.3 Å². The van der Waals surface area contributed by atoms with Crippen molar-refractivity contribution in [2.24, 2.45) is 0 Å². The van der Waals surface area contributed by atoms with Gasteiger partial charge in [-0.15, -0.1) is 5.10 Å². The van der Waals surface area contributed by atoms with E-state index in [1.54, 1.807) is 24.3 Å². The number of H-pyrrole nitrogens is 1. The zero-order valence-corrected chi connectivity index (χ0v) is 13.4. The van der Waals surface area contributed by atoms with Crippen molar-refractivity contribution in [2.75, 3.05) is 5.73 Å². The van der Waals surface area contributed by atoms with Gasteiger partial charge in [-0.05, 0) is 17.7 Å². The van der Waals surface area contributed by atoms with E-state index < -0.39 is 11.6 Å². The van der Waals surface area contributed by atoms with Crippen molar-refractivity contribution in [3.8, 4) is 16.9 Å². The number of nitrogens with zero attached hydrogens (tertiary/aromatic N) is 3. The van der Waals surface area contributed by atoms with Gasteiger partial charge < -0.3 is 10.5 Å². The van der Waals surface area contributed by atoms with Crippen LogP contribution in [-0.4, -0.2) is 20.4 Å². The van der Waals surface area contributed by atoms with Crippen LogP contribution in [0.2, 0.25) is 0 Å². The van der Waals surface area contributed by atoms with Gasteiger partial charge in [0.05, 0.1) is 0 Å². The lowest BCUT2D eigenvalue weighted by Crippen LogP contribution is -2.02. The fourth-order valence-electron chi connectivity index (χ4n) is 2.67. The van der Waals surface area contributed by atoms with Crippen LogP contribution in [0.15, 0.2) is 48.5 Å². The van der Waals surface area contributed by atoms with E-state index in [9.17, 15) is 8.78 Å².